The van der Waals surface area contributed by atoms with Crippen LogP contribution < -0.4 is 5.32 Å². The van der Waals surface area contributed by atoms with Gasteiger partial charge in [-0.05, 0) is 49.6 Å². The molecular formula is C23H28N2O6S. The lowest BCUT2D eigenvalue weighted by Gasteiger charge is -2.22. The third kappa shape index (κ3) is 5.53. The Morgan fingerprint density at radius 1 is 1.09 bits per heavy atom. The van der Waals surface area contributed by atoms with E-state index in [2.05, 4.69) is 5.32 Å². The van der Waals surface area contributed by atoms with E-state index in [1.54, 1.807) is 13.0 Å². The van der Waals surface area contributed by atoms with Crippen molar-refractivity contribution in [3.05, 3.63) is 64.7 Å². The van der Waals surface area contributed by atoms with Crippen molar-refractivity contribution >= 4 is 21.9 Å². The fourth-order valence-electron chi connectivity index (χ4n) is 3.46. The molecule has 3 rings (SSSR count). The van der Waals surface area contributed by atoms with Crippen LogP contribution in [0.2, 0.25) is 0 Å². The van der Waals surface area contributed by atoms with Gasteiger partial charge in [-0.1, -0.05) is 35.9 Å². The number of carbonyl (C=O) groups excluding carboxylic acids is 2. The van der Waals surface area contributed by atoms with Crippen LogP contribution in [0, 0.1) is 20.8 Å². The first kappa shape index (κ1) is 23.9. The van der Waals surface area contributed by atoms with Crippen LogP contribution in [-0.2, 0) is 30.9 Å². The van der Waals surface area contributed by atoms with Gasteiger partial charge in [-0.3, -0.25) is 9.59 Å². The fourth-order valence-corrected chi connectivity index (χ4v) is 5.18. The van der Waals surface area contributed by atoms with Gasteiger partial charge in [0.2, 0.25) is 10.0 Å². The molecule has 1 aliphatic heterocycles. The quantitative estimate of drug-likeness (QED) is 0.607. The Hall–Kier alpha value is -2.75. The molecule has 0 aliphatic carbocycles. The van der Waals surface area contributed by atoms with Gasteiger partial charge in [0.15, 0.2) is 6.61 Å². The van der Waals surface area contributed by atoms with Crippen molar-refractivity contribution < 1.29 is 27.9 Å². The SMILES string of the molecule is Cc1ccc(CNC(=O)COC(=O)C2CC(O)CN2S(=O)(=O)c2ccc(C)c(C)c2)cc1. The second-order valence-corrected chi connectivity index (χ2v) is 9.99. The van der Waals surface area contributed by atoms with E-state index in [1.165, 1.54) is 12.1 Å². The number of nitrogens with one attached hydrogen (secondary N) is 1. The van der Waals surface area contributed by atoms with E-state index in [-0.39, 0.29) is 24.4 Å². The molecule has 1 heterocycles. The van der Waals surface area contributed by atoms with Crippen LogP contribution >= 0.6 is 0 Å². The summed E-state index contributed by atoms with van der Waals surface area (Å²) in [6.45, 7) is 5.17. The Morgan fingerprint density at radius 2 is 1.78 bits per heavy atom. The summed E-state index contributed by atoms with van der Waals surface area (Å²) in [5.41, 5.74) is 3.75. The summed E-state index contributed by atoms with van der Waals surface area (Å²) in [6.07, 6.45) is -1.09. The summed E-state index contributed by atoms with van der Waals surface area (Å²) in [6, 6.07) is 11.1. The molecule has 0 saturated carbocycles. The van der Waals surface area contributed by atoms with Crippen LogP contribution in [0.1, 0.15) is 28.7 Å². The predicted octanol–water partition coefficient (Wildman–Crippen LogP) is 1.60. The number of nitrogens with zero attached hydrogens (tertiary/aromatic N) is 1. The van der Waals surface area contributed by atoms with Gasteiger partial charge in [-0.15, -0.1) is 0 Å². The van der Waals surface area contributed by atoms with Crippen LogP contribution in [0.15, 0.2) is 47.4 Å². The second-order valence-electron chi connectivity index (χ2n) is 8.10. The van der Waals surface area contributed by atoms with Gasteiger partial charge in [0.1, 0.15) is 6.04 Å². The zero-order valence-electron chi connectivity index (χ0n) is 18.4. The minimum Gasteiger partial charge on any atom is -0.454 e. The third-order valence-electron chi connectivity index (χ3n) is 5.55. The van der Waals surface area contributed by atoms with Gasteiger partial charge in [0.25, 0.3) is 5.91 Å². The second kappa shape index (κ2) is 9.81. The van der Waals surface area contributed by atoms with Crippen molar-refractivity contribution in [1.29, 1.82) is 0 Å². The van der Waals surface area contributed by atoms with Crippen LogP contribution in [0.3, 0.4) is 0 Å². The standard InChI is InChI=1S/C23H28N2O6S/c1-15-4-7-18(8-5-15)12-24-22(27)14-31-23(28)21-11-19(26)13-25(21)32(29,30)20-9-6-16(2)17(3)10-20/h4-10,19,21,26H,11-14H2,1-3H3,(H,24,27). The molecule has 2 aromatic carbocycles. The highest BCUT2D eigenvalue weighted by molar-refractivity contribution is 7.89. The molecule has 0 radical (unpaired) electrons. The number of rotatable bonds is 7. The summed E-state index contributed by atoms with van der Waals surface area (Å²) in [5.74, 6) is -1.36. The minimum atomic E-state index is -4.02. The molecule has 1 amide bonds. The number of aliphatic hydroxyl groups is 1. The molecule has 2 N–H and O–H groups in total. The van der Waals surface area contributed by atoms with E-state index in [0.717, 1.165) is 26.6 Å². The van der Waals surface area contributed by atoms with Crippen molar-refractivity contribution in [2.24, 2.45) is 0 Å². The Morgan fingerprint density at radius 3 is 2.44 bits per heavy atom. The number of amides is 1. The van der Waals surface area contributed by atoms with Crippen molar-refractivity contribution in [2.45, 2.75) is 50.8 Å². The minimum absolute atomic E-state index is 0.0448. The normalized spacial score (nSPS) is 19.0. The molecule has 0 bridgehead atoms. The van der Waals surface area contributed by atoms with Crippen molar-refractivity contribution in [3.8, 4) is 0 Å². The average molecular weight is 461 g/mol. The number of hydrogen-bond acceptors (Lipinski definition) is 6. The van der Waals surface area contributed by atoms with Crippen molar-refractivity contribution in [1.82, 2.24) is 9.62 Å². The van der Waals surface area contributed by atoms with Gasteiger partial charge in [0, 0.05) is 19.5 Å². The molecule has 2 unspecified atom stereocenters. The molecule has 9 heteroatoms. The Balaban J connectivity index is 1.62. The van der Waals surface area contributed by atoms with Gasteiger partial charge < -0.3 is 15.2 Å². The molecule has 8 nitrogen and oxygen atoms in total. The Kier molecular flexibility index (Phi) is 7.33. The molecular weight excluding hydrogens is 432 g/mol. The Labute approximate surface area is 188 Å². The molecule has 172 valence electrons. The van der Waals surface area contributed by atoms with E-state index in [0.29, 0.717) is 0 Å². The first-order valence-electron chi connectivity index (χ1n) is 10.3. The first-order valence-corrected chi connectivity index (χ1v) is 11.8. The van der Waals surface area contributed by atoms with Crippen LogP contribution in [0.4, 0.5) is 0 Å². The van der Waals surface area contributed by atoms with Gasteiger partial charge in [-0.2, -0.15) is 4.31 Å². The van der Waals surface area contributed by atoms with Crippen molar-refractivity contribution in [3.63, 3.8) is 0 Å². The highest BCUT2D eigenvalue weighted by Crippen LogP contribution is 2.28. The van der Waals surface area contributed by atoms with Gasteiger partial charge in [0.05, 0.1) is 11.0 Å². The number of carbonyl (C=O) groups is 2. The molecule has 2 aromatic rings. The number of sulfonamides is 1. The summed E-state index contributed by atoms with van der Waals surface area (Å²) >= 11 is 0. The maximum absolute atomic E-state index is 13.1. The van der Waals surface area contributed by atoms with E-state index in [4.69, 9.17) is 4.74 Å². The third-order valence-corrected chi connectivity index (χ3v) is 7.42. The smallest absolute Gasteiger partial charge is 0.325 e. The number of benzene rings is 2. The van der Waals surface area contributed by atoms with E-state index >= 15 is 0 Å². The molecule has 0 spiro atoms. The topological polar surface area (TPSA) is 113 Å². The molecule has 1 saturated heterocycles. The molecule has 32 heavy (non-hydrogen) atoms. The molecule has 1 fully saturated rings. The summed E-state index contributed by atoms with van der Waals surface area (Å²) in [4.78, 5) is 24.7. The zero-order valence-corrected chi connectivity index (χ0v) is 19.2. The van der Waals surface area contributed by atoms with E-state index < -0.39 is 40.7 Å². The van der Waals surface area contributed by atoms with Gasteiger partial charge in [-0.25, -0.2) is 8.42 Å². The molecule has 1 aliphatic rings. The van der Waals surface area contributed by atoms with E-state index in [9.17, 15) is 23.1 Å². The highest BCUT2D eigenvalue weighted by Gasteiger charge is 2.44. The molecule has 2 atom stereocenters. The first-order chi connectivity index (χ1) is 15.1. The number of ether oxygens (including phenoxy) is 1. The lowest BCUT2D eigenvalue weighted by molar-refractivity contribution is -0.151. The van der Waals surface area contributed by atoms with Crippen LogP contribution in [-0.4, -0.2) is 55.0 Å². The van der Waals surface area contributed by atoms with E-state index in [1.807, 2.05) is 38.1 Å². The van der Waals surface area contributed by atoms with Crippen LogP contribution in [0.25, 0.3) is 0 Å². The zero-order chi connectivity index (χ0) is 23.5. The fraction of sp³-hybridized carbons (Fsp3) is 0.391. The average Bonchev–Trinajstić information content (AvgIpc) is 3.16. The number of aliphatic hydroxyl groups excluding tert-OH is 1. The lowest BCUT2D eigenvalue weighted by atomic mass is 10.1. The number of hydrogen-bond donors (Lipinski definition) is 2. The largest absolute Gasteiger partial charge is 0.454 e. The summed E-state index contributed by atoms with van der Waals surface area (Å²) in [7, 11) is -4.02. The summed E-state index contributed by atoms with van der Waals surface area (Å²) < 4.78 is 32.2. The van der Waals surface area contributed by atoms with Crippen LogP contribution in [0.5, 0.6) is 0 Å². The van der Waals surface area contributed by atoms with Crippen molar-refractivity contribution in [2.75, 3.05) is 13.2 Å². The highest BCUT2D eigenvalue weighted by atomic mass is 32.2. The maximum Gasteiger partial charge on any atom is 0.325 e. The van der Waals surface area contributed by atoms with Gasteiger partial charge >= 0.3 is 5.97 Å². The monoisotopic (exact) mass is 460 g/mol. The molecule has 0 aromatic heterocycles. The number of aryl methyl sites for hydroxylation is 3. The number of β-amino-alcohol motifs (C(OH)–C–C–N with tert-alkyl or cyclic N) is 1. The maximum atomic E-state index is 13.1. The Bertz CT molecular complexity index is 1100. The lowest BCUT2D eigenvalue weighted by Crippen LogP contribution is -2.42. The number of esters is 1. The predicted molar refractivity (Wildman–Crippen MR) is 118 cm³/mol. The summed E-state index contributed by atoms with van der Waals surface area (Å²) in [5, 5.41) is 12.7.